The molecule has 33 heavy (non-hydrogen) atoms. The molecular formula is C22H34Br2N2O6Si. The monoisotopic (exact) mass is 608 g/mol. The largest absolute Gasteiger partial charge is 0.541 e. The van der Waals surface area contributed by atoms with Crippen LogP contribution in [0.1, 0.15) is 31.9 Å². The van der Waals surface area contributed by atoms with E-state index in [9.17, 15) is 4.79 Å². The first-order valence-corrected chi connectivity index (χ1v) is 14.6. The topological polar surface area (TPSA) is 91.9 Å². The number of aromatic amines is 1. The quantitative estimate of drug-likeness (QED) is 0.316. The molecule has 8 nitrogen and oxygen atoms in total. The van der Waals surface area contributed by atoms with Crippen LogP contribution in [-0.2, 0) is 0 Å². The highest BCUT2D eigenvalue weighted by Crippen LogP contribution is 2.45. The van der Waals surface area contributed by atoms with Crippen molar-refractivity contribution in [1.82, 2.24) is 9.97 Å². The van der Waals surface area contributed by atoms with Crippen molar-refractivity contribution in [2.24, 2.45) is 0 Å². The van der Waals surface area contributed by atoms with Crippen molar-refractivity contribution in [3.05, 3.63) is 30.6 Å². The van der Waals surface area contributed by atoms with E-state index in [1.807, 2.05) is 6.92 Å². The molecule has 2 aromatic heterocycles. The van der Waals surface area contributed by atoms with Gasteiger partial charge in [-0.15, -0.1) is 0 Å². The van der Waals surface area contributed by atoms with Gasteiger partial charge < -0.3 is 28.4 Å². The second kappa shape index (κ2) is 11.6. The van der Waals surface area contributed by atoms with Crippen molar-refractivity contribution in [1.29, 1.82) is 0 Å². The van der Waals surface area contributed by atoms with Gasteiger partial charge >= 0.3 is 0 Å². The van der Waals surface area contributed by atoms with Crippen LogP contribution in [0, 0.1) is 13.8 Å². The Bertz CT molecular complexity index is 1040. The van der Waals surface area contributed by atoms with E-state index in [1.165, 1.54) is 14.2 Å². The number of hydrogen-bond donors (Lipinski definition) is 1. The Morgan fingerprint density at radius 1 is 0.848 bits per heavy atom. The summed E-state index contributed by atoms with van der Waals surface area (Å²) in [7, 11) is 4.11. The first-order valence-electron chi connectivity index (χ1n) is 10.1. The van der Waals surface area contributed by atoms with Crippen LogP contribution in [-0.4, -0.2) is 46.7 Å². The van der Waals surface area contributed by atoms with Crippen LogP contribution in [0.4, 0.5) is 0 Å². The lowest BCUT2D eigenvalue weighted by Crippen LogP contribution is -2.44. The third-order valence-corrected chi connectivity index (χ3v) is 11.4. The molecule has 0 amide bonds. The van der Waals surface area contributed by atoms with E-state index in [0.717, 1.165) is 11.3 Å². The summed E-state index contributed by atoms with van der Waals surface area (Å²) in [5.41, 5.74) is 1.31. The van der Waals surface area contributed by atoms with Crippen molar-refractivity contribution < 1.29 is 23.4 Å². The van der Waals surface area contributed by atoms with Gasteiger partial charge in [-0.3, -0.25) is 4.79 Å². The van der Waals surface area contributed by atoms with Crippen LogP contribution < -0.4 is 28.8 Å². The minimum absolute atomic E-state index is 0.105. The summed E-state index contributed by atoms with van der Waals surface area (Å²) in [4.78, 5) is 18.7. The molecule has 186 valence electrons. The third kappa shape index (κ3) is 6.66. The second-order valence-electron chi connectivity index (χ2n) is 8.72. The molecule has 2 rings (SSSR count). The van der Waals surface area contributed by atoms with Crippen molar-refractivity contribution in [2.75, 3.05) is 28.4 Å². The molecule has 0 aromatic carbocycles. The normalized spacial score (nSPS) is 11.3. The summed E-state index contributed by atoms with van der Waals surface area (Å²) in [5, 5.41) is 0.105. The minimum atomic E-state index is -1.97. The van der Waals surface area contributed by atoms with Crippen LogP contribution in [0.3, 0.4) is 0 Å². The van der Waals surface area contributed by atoms with E-state index in [0.29, 0.717) is 32.3 Å². The summed E-state index contributed by atoms with van der Waals surface area (Å²) in [6.45, 7) is 14.7. The van der Waals surface area contributed by atoms with E-state index in [2.05, 4.69) is 75.7 Å². The first kappa shape index (κ1) is 29.3. The molecule has 0 radical (unpaired) electrons. The molecule has 0 saturated heterocycles. The predicted octanol–water partition coefficient (Wildman–Crippen LogP) is 6.02. The fraction of sp³-hybridized carbons (Fsp3) is 0.545. The van der Waals surface area contributed by atoms with Crippen LogP contribution in [0.15, 0.2) is 14.0 Å². The summed E-state index contributed by atoms with van der Waals surface area (Å²) in [6.07, 6.45) is 0. The van der Waals surface area contributed by atoms with E-state index < -0.39 is 8.32 Å². The lowest BCUT2D eigenvalue weighted by Gasteiger charge is -2.37. The van der Waals surface area contributed by atoms with Crippen LogP contribution in [0.2, 0.25) is 18.1 Å². The average Bonchev–Trinajstić information content (AvgIpc) is 2.74. The molecule has 0 aliphatic heterocycles. The van der Waals surface area contributed by atoms with E-state index in [4.69, 9.17) is 23.4 Å². The van der Waals surface area contributed by atoms with Gasteiger partial charge in [0.25, 0.3) is 14.2 Å². The third-order valence-electron chi connectivity index (χ3n) is 5.52. The molecule has 1 N–H and O–H groups in total. The van der Waals surface area contributed by atoms with Crippen molar-refractivity contribution in [2.45, 2.75) is 52.8 Å². The molecule has 2 aromatic rings. The number of H-pyrrole nitrogens is 1. The molecule has 0 atom stereocenters. The molecule has 0 unspecified atom stereocenters. The molecular weight excluding hydrogens is 576 g/mol. The maximum absolute atomic E-state index is 11.5. The molecule has 0 aliphatic carbocycles. The Balaban J connectivity index is 0.000000361. The summed E-state index contributed by atoms with van der Waals surface area (Å²) in [6, 6.07) is 0. The fourth-order valence-corrected chi connectivity index (χ4v) is 4.15. The number of halogens is 2. The van der Waals surface area contributed by atoms with Gasteiger partial charge in [-0.25, -0.2) is 4.98 Å². The number of ether oxygens (including phenoxy) is 4. The zero-order chi connectivity index (χ0) is 25.7. The zero-order valence-electron chi connectivity index (χ0n) is 21.2. The smallest absolute Gasteiger partial charge is 0.261 e. The Morgan fingerprint density at radius 2 is 1.39 bits per heavy atom. The van der Waals surface area contributed by atoms with Gasteiger partial charge in [-0.2, -0.15) is 0 Å². The number of aromatic nitrogens is 2. The van der Waals surface area contributed by atoms with Crippen LogP contribution >= 0.6 is 31.9 Å². The highest BCUT2D eigenvalue weighted by Gasteiger charge is 2.40. The van der Waals surface area contributed by atoms with Crippen molar-refractivity contribution >= 4 is 40.2 Å². The lowest BCUT2D eigenvalue weighted by molar-refractivity contribution is 0.328. The highest BCUT2D eigenvalue weighted by molar-refractivity contribution is 9.10. The summed E-state index contributed by atoms with van der Waals surface area (Å²) >= 11 is 6.66. The summed E-state index contributed by atoms with van der Waals surface area (Å²) in [5.74, 6) is 2.22. The van der Waals surface area contributed by atoms with E-state index in [-0.39, 0.29) is 16.2 Å². The van der Waals surface area contributed by atoms with Gasteiger partial charge in [-0.05, 0) is 63.8 Å². The Kier molecular flexibility index (Phi) is 10.3. The number of methoxy groups -OCH3 is 4. The standard InChI is InChI=1S/C14H24BrNO3Si.C8H10BrNO3/c1-9-10(19-20(7,8)14(2,3)4)11(17-5)13(18-6)16-12(9)15;1-4-5(11)6(12-2)8(13-3)10-7(4)9/h1-8H3;1-3H3,(H,10,11). The fourth-order valence-electron chi connectivity index (χ4n) is 2.39. The maximum atomic E-state index is 11.5. The van der Waals surface area contributed by atoms with Gasteiger partial charge in [-0.1, -0.05) is 20.8 Å². The second-order valence-corrected chi connectivity index (χ2v) is 15.0. The minimum Gasteiger partial charge on any atom is -0.541 e. The molecule has 2 heterocycles. The molecule has 0 aliphatic rings. The molecule has 0 fully saturated rings. The zero-order valence-corrected chi connectivity index (χ0v) is 25.3. The number of pyridine rings is 2. The van der Waals surface area contributed by atoms with E-state index in [1.54, 1.807) is 21.1 Å². The summed E-state index contributed by atoms with van der Waals surface area (Å²) < 4.78 is 28.3. The van der Waals surface area contributed by atoms with Crippen molar-refractivity contribution in [3.63, 3.8) is 0 Å². The number of hydrogen-bond acceptors (Lipinski definition) is 7. The Morgan fingerprint density at radius 3 is 1.82 bits per heavy atom. The van der Waals surface area contributed by atoms with Crippen LogP contribution in [0.5, 0.6) is 29.0 Å². The molecule has 0 bridgehead atoms. The van der Waals surface area contributed by atoms with Gasteiger partial charge in [0, 0.05) is 11.1 Å². The van der Waals surface area contributed by atoms with Crippen molar-refractivity contribution in [3.8, 4) is 29.0 Å². The Hall–Kier alpha value is -1.72. The molecule has 11 heteroatoms. The predicted molar refractivity (Wildman–Crippen MR) is 140 cm³/mol. The number of nitrogens with one attached hydrogen (secondary N) is 1. The van der Waals surface area contributed by atoms with Gasteiger partial charge in [0.05, 0.1) is 33.0 Å². The lowest BCUT2D eigenvalue weighted by atomic mass is 10.2. The highest BCUT2D eigenvalue weighted by atomic mass is 79.9. The maximum Gasteiger partial charge on any atom is 0.261 e. The van der Waals surface area contributed by atoms with Gasteiger partial charge in [0.15, 0.2) is 5.75 Å². The SMILES string of the molecule is COc1[nH]c(Br)c(C)c(=O)c1OC.COc1nc(Br)c(C)c(O[Si](C)(C)C(C)(C)C)c1OC. The Labute approximate surface area is 213 Å². The molecule has 0 saturated carbocycles. The van der Waals surface area contributed by atoms with Gasteiger partial charge in [0.1, 0.15) is 4.60 Å². The van der Waals surface area contributed by atoms with Crippen LogP contribution in [0.25, 0.3) is 0 Å². The number of nitrogens with zero attached hydrogens (tertiary/aromatic N) is 1. The average molecular weight is 610 g/mol. The number of rotatable bonds is 6. The molecule has 0 spiro atoms. The first-order chi connectivity index (χ1) is 15.2. The van der Waals surface area contributed by atoms with E-state index >= 15 is 0 Å². The van der Waals surface area contributed by atoms with Gasteiger partial charge in [0.2, 0.25) is 22.8 Å².